The van der Waals surface area contributed by atoms with Crippen molar-refractivity contribution in [3.05, 3.63) is 473 Å². The van der Waals surface area contributed by atoms with Gasteiger partial charge in [0.05, 0.1) is 33.8 Å². The average molecular weight is 2260 g/mol. The van der Waals surface area contributed by atoms with Crippen molar-refractivity contribution in [1.82, 2.24) is 0 Å². The second kappa shape index (κ2) is 59.8. The molecule has 16 aromatic carbocycles. The van der Waals surface area contributed by atoms with Gasteiger partial charge in [0, 0.05) is 45.4 Å². The monoisotopic (exact) mass is 2250 g/mol. The van der Waals surface area contributed by atoms with E-state index in [0.717, 1.165) is 48.7 Å². The van der Waals surface area contributed by atoms with Gasteiger partial charge in [-0.15, -0.1) is 21.6 Å². The summed E-state index contributed by atoms with van der Waals surface area (Å²) in [5, 5.41) is 19.3. The van der Waals surface area contributed by atoms with Crippen LogP contribution in [0.1, 0.15) is 67.9 Å². The first kappa shape index (κ1) is 123. The third kappa shape index (κ3) is 36.0. The van der Waals surface area contributed by atoms with Gasteiger partial charge in [0.25, 0.3) is 4.35 Å². The molecule has 0 saturated heterocycles. The fourth-order valence-corrected chi connectivity index (χ4v) is 18.6. The van der Waals surface area contributed by atoms with Crippen molar-refractivity contribution in [1.29, 1.82) is 4.35 Å². The van der Waals surface area contributed by atoms with Crippen molar-refractivity contribution < 1.29 is 178 Å². The largest absolute Gasteiger partial charge is 1.00 e. The number of ether oxygens (including phenoxy) is 3. The van der Waals surface area contributed by atoms with E-state index in [1.54, 1.807) is 104 Å². The molecule has 0 radical (unpaired) electrons. The Morgan fingerprint density at radius 2 is 0.514 bits per heavy atom. The van der Waals surface area contributed by atoms with E-state index >= 15 is 13.2 Å². The van der Waals surface area contributed by atoms with E-state index < -0.39 is 62.1 Å². The Bertz CT molecular complexity index is 6870. The predicted octanol–water partition coefficient (Wildman–Crippen LogP) is 28.8. The summed E-state index contributed by atoms with van der Waals surface area (Å²) in [5.74, 6) is -1.34. The van der Waals surface area contributed by atoms with Gasteiger partial charge in [-0.1, -0.05) is 128 Å². The molecule has 0 heterocycles. The van der Waals surface area contributed by atoms with Crippen molar-refractivity contribution in [3.8, 4) is 34.5 Å². The molecule has 0 aromatic heterocycles. The van der Waals surface area contributed by atoms with Crippen LogP contribution in [0, 0.1) is 40.7 Å². The maximum absolute atomic E-state index is 15.7. The molecule has 146 heavy (non-hydrogen) atoms. The number of hydrogen-bond acceptors (Lipinski definition) is 15. The van der Waals surface area contributed by atoms with Crippen LogP contribution in [0.15, 0.2) is 442 Å². The molecule has 762 valence electrons. The number of sulfone groups is 2. The number of phenols is 2. The maximum Gasteiger partial charge on any atom is 1.00 e. The minimum Gasteiger partial charge on any atom is -0.508 e. The van der Waals surface area contributed by atoms with Gasteiger partial charge in [0.15, 0.2) is 11.6 Å². The van der Waals surface area contributed by atoms with Crippen molar-refractivity contribution in [2.24, 2.45) is 0 Å². The Hall–Kier alpha value is -10.3. The molecule has 0 aliphatic rings. The molecule has 0 amide bonds. The van der Waals surface area contributed by atoms with Gasteiger partial charge in [0.2, 0.25) is 19.7 Å². The van der Waals surface area contributed by atoms with Crippen molar-refractivity contribution >= 4 is 128 Å². The van der Waals surface area contributed by atoms with Crippen LogP contribution in [0.5, 0.6) is 34.5 Å². The summed E-state index contributed by atoms with van der Waals surface area (Å²) in [7, 11) is -1.34. The molecule has 2 N–H and O–H groups in total. The number of phenolic OH excluding ortho intramolecular Hbond substituents is 2. The number of benzene rings is 16. The molecule has 0 aliphatic heterocycles. The van der Waals surface area contributed by atoms with Crippen molar-refractivity contribution in [2.45, 2.75) is 90.9 Å². The SMILES string of the molecule is CC(=O)c1ccc(F)cc1.CC(=O)c1ccc(Sc2ccc(F)cc2)cc1.COc1ccc(C(c2ccc(Oc3ccc(S(=O)(=O)c4ccc(OC)cc4)cc3)cc2)(c2ccc(Sc3ccc(F)cc3)cc2)C(F)(F)F)cc1.FP([PH-])P.Fc1ccc(S)cc1.O=S(=O)(c1ccc(F)cc1)c1ccc(F)cc1.Oc1ccc(C(c2ccc(O)cc2)(c2ccc(Sc3ccc(F)cc3)cc2)C(F)(F)F)cc1.P.S.[2H]F.[3H]F.[3H]F.[K+]. The minimum atomic E-state index is -4.79. The quantitative estimate of drug-likeness (QED) is 0.0111. The fourth-order valence-electron chi connectivity index (χ4n) is 13.4. The van der Waals surface area contributed by atoms with Crippen LogP contribution in [0.25, 0.3) is 0 Å². The molecule has 11 nitrogen and oxygen atoms in total. The van der Waals surface area contributed by atoms with Gasteiger partial charge < -0.3 is 33.4 Å². The Morgan fingerprint density at radius 3 is 0.733 bits per heavy atom. The smallest absolute Gasteiger partial charge is 0.508 e. The van der Waals surface area contributed by atoms with Crippen molar-refractivity contribution in [3.63, 3.8) is 0 Å². The van der Waals surface area contributed by atoms with Crippen LogP contribution in [0.4, 0.5) is 75.4 Å². The van der Waals surface area contributed by atoms with Gasteiger partial charge in [0.1, 0.15) is 86.0 Å². The Morgan fingerprint density at radius 1 is 0.349 bits per heavy atom. The number of aromatic hydroxyl groups is 2. The zero-order valence-corrected chi connectivity index (χ0v) is 90.7. The number of ketones is 2. The number of rotatable bonds is 22. The first-order valence-corrected chi connectivity index (χ1v) is 51.2. The Kier molecular flexibility index (Phi) is 50.2. The van der Waals surface area contributed by atoms with Crippen LogP contribution in [0.3, 0.4) is 0 Å². The minimum absolute atomic E-state index is 0. The number of methoxy groups -OCH3 is 2. The fraction of sp³-hybridized carbons (Fsp3) is 0.0755. The van der Waals surface area contributed by atoms with Gasteiger partial charge in [-0.25, -0.2) is 47.6 Å². The molecule has 0 saturated carbocycles. The van der Waals surface area contributed by atoms with Gasteiger partial charge in [-0.05, 0) is 351 Å². The van der Waals surface area contributed by atoms with E-state index in [1.807, 2.05) is 21.1 Å². The first-order chi connectivity index (χ1) is 69.5. The summed E-state index contributed by atoms with van der Waals surface area (Å²) < 4.78 is 297. The van der Waals surface area contributed by atoms with E-state index in [-0.39, 0.29) is 186 Å². The second-order valence-electron chi connectivity index (χ2n) is 29.7. The summed E-state index contributed by atoms with van der Waals surface area (Å²) in [6.07, 6.45) is -9.53. The molecule has 16 rings (SSSR count). The third-order valence-electron chi connectivity index (χ3n) is 20.3. The molecule has 0 aliphatic carbocycles. The normalized spacial score (nSPS) is 11.5. The summed E-state index contributed by atoms with van der Waals surface area (Å²) in [5.41, 5.74) is -4.10. The zero-order valence-electron chi connectivity index (χ0n) is 80.2. The molecule has 16 aromatic rings. The molecular weight excluding hydrogens is 2160 g/mol. The topological polar surface area (TPSA) is 171 Å². The second-order valence-corrected chi connectivity index (χ2v) is 42.3. The van der Waals surface area contributed by atoms with Crippen LogP contribution in [0.2, 0.25) is 0 Å². The molecule has 40 heteroatoms. The Labute approximate surface area is 914 Å². The van der Waals surface area contributed by atoms with Crippen LogP contribution in [-0.4, -0.2) is 69.5 Å². The van der Waals surface area contributed by atoms with Gasteiger partial charge >= 0.3 is 63.7 Å². The van der Waals surface area contributed by atoms with E-state index in [2.05, 4.69) is 25.9 Å². The molecule has 0 fully saturated rings. The van der Waals surface area contributed by atoms with E-state index in [1.165, 1.54) is 311 Å². The van der Waals surface area contributed by atoms with E-state index in [4.69, 9.17) is 28.4 Å². The number of halogens is 17. The standard InChI is InChI=1S/C40H30F4O5S2.C26H18F4O2S.C14H11FOS.C12H8F2O2S.C8H7FO.C6H5FS.FH3P3.3FH.K.H3P.H2S/c1-47-31-11-3-27(4-12-31)39(40(42,43)44,29-7-19-35(20-8-29)50-36-21-9-30(41)10-22-36)28-5-13-33(14-6-28)49-34-17-25-38(26-18-34)51(45,46)37-23-15-32(48-2)16-24-37;27-20-7-15-24(16-8-20)33-23-13-5-19(6-14-23)25(26(28,29)30,17-1-9-21(31)10-2-17)18-3-11-22(32)12-4-18;1-10(16)11-2-6-13(7-3-11)17-14-8-4-12(15)5-9-14;13-9-1-5-11(6-2-9)17(15,16)12-7-3-10(14)4-8-12;1-6(10)7-2-4-8(9)5-3-7;7-5-1-3-6(8)4-2-5;1-4(2)3;;;;;;/h3-26H,1-2H3;1-16,31-32H;2-9H,1H3;1-8H;2-5H,1H3;1-4,8H;2H,3H2;3*1H;;1H3;1H2/q;;;;;;-1;;;;+1;;/i/hT2D. The maximum atomic E-state index is 15.7. The number of alkyl halides is 6. The number of carbonyl (C=O) groups excluding carboxylic acids is 2. The van der Waals surface area contributed by atoms with E-state index in [0.29, 0.717) is 38.2 Å². The van der Waals surface area contributed by atoms with Crippen LogP contribution < -0.4 is 65.6 Å². The zero-order chi connectivity index (χ0) is 108. The average Bonchev–Trinajstić information content (AvgIpc) is 0.727. The number of thiol groups is 1. The summed E-state index contributed by atoms with van der Waals surface area (Å²) in [4.78, 5) is 27.5. The Balaban J connectivity index is 0.000000403. The van der Waals surface area contributed by atoms with E-state index in [9.17, 15) is 84.7 Å². The molecule has 0 bridgehead atoms. The summed E-state index contributed by atoms with van der Waals surface area (Å²) >= 11 is 8.11. The third-order valence-corrected chi connectivity index (χ3v) is 27.2. The molecule has 0 spiro atoms. The molecular formula is C106H90F17KO11P4S7. The van der Waals surface area contributed by atoms with Crippen LogP contribution >= 0.6 is 96.8 Å². The number of Topliss-reactive ketones (excluding diaryl/α,β-unsaturated/α-hetero) is 2. The van der Waals surface area contributed by atoms with Gasteiger partial charge in [-0.3, -0.25) is 27.9 Å². The first-order valence-electron chi connectivity index (χ1n) is 42.3. The summed E-state index contributed by atoms with van der Waals surface area (Å²) in [6.45, 7) is 3.00. The van der Waals surface area contributed by atoms with Crippen LogP contribution in [-0.2, 0) is 30.5 Å². The molecule has 4 unspecified atom stereocenters. The predicted molar refractivity (Wildman–Crippen MR) is 557 cm³/mol. The van der Waals surface area contributed by atoms with Crippen molar-refractivity contribution in [2.75, 3.05) is 14.2 Å². The van der Waals surface area contributed by atoms with Gasteiger partial charge in [-0.2, -0.15) is 49.7 Å². The molecule has 4 atom stereocenters. The summed E-state index contributed by atoms with van der Waals surface area (Å²) in [6, 6.07) is 91.1. The number of carbonyl (C=O) groups is 2. The number of hydrogen-bond donors (Lipinski definition) is 3.